The lowest BCUT2D eigenvalue weighted by atomic mass is 10.1. The number of aromatic nitrogens is 2. The Labute approximate surface area is 121 Å². The van der Waals surface area contributed by atoms with Gasteiger partial charge in [0.1, 0.15) is 0 Å². The lowest BCUT2D eigenvalue weighted by molar-refractivity contribution is 0.0951. The van der Waals surface area contributed by atoms with Gasteiger partial charge in [0, 0.05) is 23.2 Å². The summed E-state index contributed by atoms with van der Waals surface area (Å²) in [6.45, 7) is 0.442. The van der Waals surface area contributed by atoms with E-state index in [2.05, 4.69) is 15.5 Å². The summed E-state index contributed by atoms with van der Waals surface area (Å²) in [4.78, 5) is 12.2. The highest BCUT2D eigenvalue weighted by Crippen LogP contribution is 2.19. The molecule has 0 unspecified atom stereocenters. The van der Waals surface area contributed by atoms with Crippen molar-refractivity contribution in [3.05, 3.63) is 53.6 Å². The molecule has 6 heteroatoms. The molecule has 1 amide bonds. The maximum Gasteiger partial charge on any atom is 0.251 e. The van der Waals surface area contributed by atoms with Crippen molar-refractivity contribution in [2.75, 3.05) is 11.5 Å². The summed E-state index contributed by atoms with van der Waals surface area (Å²) in [7, 11) is 0. The van der Waals surface area contributed by atoms with E-state index in [4.69, 9.17) is 11.5 Å². The quantitative estimate of drug-likeness (QED) is 0.547. The molecule has 0 aliphatic rings. The van der Waals surface area contributed by atoms with Gasteiger partial charge in [-0.1, -0.05) is 12.1 Å². The summed E-state index contributed by atoms with van der Waals surface area (Å²) in [5, 5.41) is 10.3. The van der Waals surface area contributed by atoms with Gasteiger partial charge in [0.2, 0.25) is 0 Å². The Balaban J connectivity index is 1.74. The Morgan fingerprint density at radius 3 is 2.67 bits per heavy atom. The van der Waals surface area contributed by atoms with Crippen molar-refractivity contribution in [3.8, 4) is 0 Å². The minimum atomic E-state index is -0.158. The smallest absolute Gasteiger partial charge is 0.251 e. The first-order valence-corrected chi connectivity index (χ1v) is 6.50. The molecule has 1 heterocycles. The number of amides is 1. The van der Waals surface area contributed by atoms with Gasteiger partial charge in [-0.05, 0) is 35.9 Å². The molecule has 0 saturated carbocycles. The highest BCUT2D eigenvalue weighted by molar-refractivity contribution is 6.00. The Kier molecular flexibility index (Phi) is 3.19. The van der Waals surface area contributed by atoms with Crippen LogP contribution in [0.1, 0.15) is 15.9 Å². The molecule has 0 spiro atoms. The van der Waals surface area contributed by atoms with Crippen molar-refractivity contribution in [1.29, 1.82) is 0 Å². The van der Waals surface area contributed by atoms with E-state index in [1.165, 1.54) is 0 Å². The number of aromatic amines is 1. The number of anilines is 2. The molecule has 0 aliphatic carbocycles. The minimum absolute atomic E-state index is 0.158. The van der Waals surface area contributed by atoms with Crippen LogP contribution in [0.25, 0.3) is 10.9 Å². The molecule has 1 aromatic heterocycles. The third kappa shape index (κ3) is 2.64. The van der Waals surface area contributed by atoms with Gasteiger partial charge in [-0.25, -0.2) is 0 Å². The number of carbonyl (C=O) groups is 1. The van der Waals surface area contributed by atoms with E-state index >= 15 is 0 Å². The maximum absolute atomic E-state index is 12.2. The number of hydrogen-bond acceptors (Lipinski definition) is 4. The first-order valence-electron chi connectivity index (χ1n) is 6.50. The zero-order valence-corrected chi connectivity index (χ0v) is 11.3. The first-order chi connectivity index (χ1) is 10.1. The second-order valence-electron chi connectivity index (χ2n) is 4.79. The van der Waals surface area contributed by atoms with Gasteiger partial charge in [-0.3, -0.25) is 9.89 Å². The van der Waals surface area contributed by atoms with Crippen LogP contribution in [0, 0.1) is 0 Å². The maximum atomic E-state index is 12.2. The van der Waals surface area contributed by atoms with Crippen LogP contribution in [0.4, 0.5) is 11.5 Å². The number of hydrogen-bond donors (Lipinski definition) is 4. The minimum Gasteiger partial charge on any atom is -0.399 e. The highest BCUT2D eigenvalue weighted by Gasteiger charge is 2.09. The van der Waals surface area contributed by atoms with Crippen molar-refractivity contribution in [3.63, 3.8) is 0 Å². The number of nitrogens with two attached hydrogens (primary N) is 2. The van der Waals surface area contributed by atoms with Gasteiger partial charge < -0.3 is 16.8 Å². The number of fused-ring (bicyclic) bond motifs is 1. The van der Waals surface area contributed by atoms with Crippen molar-refractivity contribution in [2.24, 2.45) is 0 Å². The van der Waals surface area contributed by atoms with Crippen LogP contribution in [-0.2, 0) is 6.54 Å². The molecule has 0 radical (unpaired) electrons. The molecule has 0 atom stereocenters. The van der Waals surface area contributed by atoms with E-state index in [-0.39, 0.29) is 5.91 Å². The van der Waals surface area contributed by atoms with E-state index in [9.17, 15) is 4.79 Å². The summed E-state index contributed by atoms with van der Waals surface area (Å²) in [6, 6.07) is 12.6. The number of nitrogens with zero attached hydrogens (tertiary/aromatic N) is 1. The van der Waals surface area contributed by atoms with Crippen molar-refractivity contribution in [2.45, 2.75) is 6.54 Å². The zero-order chi connectivity index (χ0) is 14.8. The molecule has 0 fully saturated rings. The number of carbonyl (C=O) groups excluding carboxylic acids is 1. The second kappa shape index (κ2) is 5.16. The molecule has 0 bridgehead atoms. The van der Waals surface area contributed by atoms with Gasteiger partial charge in [0.25, 0.3) is 5.91 Å². The average Bonchev–Trinajstić information content (AvgIpc) is 2.87. The molecule has 2 aromatic carbocycles. The van der Waals surface area contributed by atoms with E-state index in [0.29, 0.717) is 23.6 Å². The molecule has 6 N–H and O–H groups in total. The summed E-state index contributed by atoms with van der Waals surface area (Å²) in [6.07, 6.45) is 0. The number of nitrogen functional groups attached to an aromatic ring is 2. The molecule has 3 aromatic rings. The monoisotopic (exact) mass is 281 g/mol. The van der Waals surface area contributed by atoms with Gasteiger partial charge in [0.05, 0.1) is 5.52 Å². The van der Waals surface area contributed by atoms with E-state index < -0.39 is 0 Å². The second-order valence-corrected chi connectivity index (χ2v) is 4.79. The molecule has 21 heavy (non-hydrogen) atoms. The predicted octanol–water partition coefficient (Wildman–Crippen LogP) is 1.66. The lowest BCUT2D eigenvalue weighted by Gasteiger charge is -2.06. The fourth-order valence-corrected chi connectivity index (χ4v) is 2.10. The molecule has 0 aliphatic heterocycles. The van der Waals surface area contributed by atoms with Crippen LogP contribution in [0.2, 0.25) is 0 Å². The van der Waals surface area contributed by atoms with Gasteiger partial charge in [-0.2, -0.15) is 5.10 Å². The molecule has 0 saturated heterocycles. The Hall–Kier alpha value is -3.02. The van der Waals surface area contributed by atoms with Crippen molar-refractivity contribution < 1.29 is 4.79 Å². The highest BCUT2D eigenvalue weighted by atomic mass is 16.1. The predicted molar refractivity (Wildman–Crippen MR) is 82.5 cm³/mol. The third-order valence-corrected chi connectivity index (χ3v) is 3.29. The Morgan fingerprint density at radius 2 is 1.90 bits per heavy atom. The number of benzene rings is 2. The molecule has 3 rings (SSSR count). The van der Waals surface area contributed by atoms with Crippen LogP contribution in [0.15, 0.2) is 42.5 Å². The van der Waals surface area contributed by atoms with Crippen LogP contribution in [0.5, 0.6) is 0 Å². The largest absolute Gasteiger partial charge is 0.399 e. The number of H-pyrrole nitrogens is 1. The summed E-state index contributed by atoms with van der Waals surface area (Å²) >= 11 is 0. The van der Waals surface area contributed by atoms with Gasteiger partial charge in [0.15, 0.2) is 5.82 Å². The number of rotatable bonds is 3. The molecule has 106 valence electrons. The first kappa shape index (κ1) is 13.0. The van der Waals surface area contributed by atoms with E-state index in [0.717, 1.165) is 16.5 Å². The Bertz CT molecular complexity index is 791. The fourth-order valence-electron chi connectivity index (χ4n) is 2.10. The standard InChI is InChI=1S/C15H15N5O/c16-11-4-1-9(2-5-11)8-18-15(21)10-3-6-13-12(7-10)14(17)20-19-13/h1-7H,8,16H2,(H,18,21)(H3,17,19,20). The molecular formula is C15H15N5O. The van der Waals surface area contributed by atoms with Crippen LogP contribution in [0.3, 0.4) is 0 Å². The van der Waals surface area contributed by atoms with Crippen LogP contribution < -0.4 is 16.8 Å². The van der Waals surface area contributed by atoms with Crippen molar-refractivity contribution in [1.82, 2.24) is 15.5 Å². The Morgan fingerprint density at radius 1 is 1.14 bits per heavy atom. The third-order valence-electron chi connectivity index (χ3n) is 3.29. The molecule has 6 nitrogen and oxygen atoms in total. The molecular weight excluding hydrogens is 266 g/mol. The summed E-state index contributed by atoms with van der Waals surface area (Å²) < 4.78 is 0. The number of nitrogens with one attached hydrogen (secondary N) is 2. The van der Waals surface area contributed by atoms with Gasteiger partial charge >= 0.3 is 0 Å². The van der Waals surface area contributed by atoms with Crippen molar-refractivity contribution >= 4 is 28.3 Å². The van der Waals surface area contributed by atoms with Gasteiger partial charge in [-0.15, -0.1) is 0 Å². The SMILES string of the molecule is Nc1ccc(CNC(=O)c2ccc3[nH]nc(N)c3c2)cc1. The summed E-state index contributed by atoms with van der Waals surface area (Å²) in [5.74, 6) is 0.229. The zero-order valence-electron chi connectivity index (χ0n) is 11.3. The van der Waals surface area contributed by atoms with Crippen LogP contribution >= 0.6 is 0 Å². The van der Waals surface area contributed by atoms with E-state index in [1.807, 2.05) is 12.1 Å². The summed E-state index contributed by atoms with van der Waals surface area (Å²) in [5.41, 5.74) is 14.4. The topological polar surface area (TPSA) is 110 Å². The fraction of sp³-hybridized carbons (Fsp3) is 0.0667. The van der Waals surface area contributed by atoms with Crippen LogP contribution in [-0.4, -0.2) is 16.1 Å². The lowest BCUT2D eigenvalue weighted by Crippen LogP contribution is -2.22. The average molecular weight is 281 g/mol. The van der Waals surface area contributed by atoms with E-state index in [1.54, 1.807) is 30.3 Å². The normalized spacial score (nSPS) is 10.7.